The molecule has 0 saturated heterocycles. The van der Waals surface area contributed by atoms with Crippen LogP contribution in [0.1, 0.15) is 33.1 Å². The van der Waals surface area contributed by atoms with E-state index in [1.165, 1.54) is 4.31 Å². The molecular formula is C30H25BrN2O3S. The number of ketones is 1. The topological polar surface area (TPSA) is 66.8 Å². The van der Waals surface area contributed by atoms with E-state index in [1.54, 1.807) is 48.5 Å². The van der Waals surface area contributed by atoms with Gasteiger partial charge in [0.1, 0.15) is 17.9 Å². The van der Waals surface area contributed by atoms with E-state index in [1.807, 2.05) is 67.6 Å². The zero-order valence-corrected chi connectivity index (χ0v) is 22.6. The summed E-state index contributed by atoms with van der Waals surface area (Å²) >= 11 is 3.60. The van der Waals surface area contributed by atoms with Crippen molar-refractivity contribution >= 4 is 37.6 Å². The molecule has 0 spiro atoms. The average molecular weight is 574 g/mol. The van der Waals surface area contributed by atoms with Gasteiger partial charge in [-0.25, -0.2) is 12.7 Å². The highest BCUT2D eigenvalue weighted by molar-refractivity contribution is 9.10. The maximum atomic E-state index is 14.3. The number of aryl methyl sites for hydroxylation is 1. The predicted octanol–water partition coefficient (Wildman–Crippen LogP) is 6.40. The fraction of sp³-hybridized carbons (Fsp3) is 0.133. The molecule has 0 amide bonds. The number of hydrogen-bond acceptors (Lipinski definition) is 4. The van der Waals surface area contributed by atoms with Gasteiger partial charge >= 0.3 is 0 Å². The minimum Gasteiger partial charge on any atom is -0.292 e. The lowest BCUT2D eigenvalue weighted by molar-refractivity contribution is 0.0944. The molecule has 0 aromatic heterocycles. The number of halogens is 1. The highest BCUT2D eigenvalue weighted by Gasteiger charge is 2.47. The van der Waals surface area contributed by atoms with Crippen LogP contribution in [-0.4, -0.2) is 30.4 Å². The van der Waals surface area contributed by atoms with Gasteiger partial charge in [0.15, 0.2) is 5.78 Å². The molecule has 0 unspecified atom stereocenters. The van der Waals surface area contributed by atoms with Crippen molar-refractivity contribution in [3.05, 3.63) is 136 Å². The molecule has 186 valence electrons. The van der Waals surface area contributed by atoms with Crippen molar-refractivity contribution in [2.45, 2.75) is 30.3 Å². The first-order valence-electron chi connectivity index (χ1n) is 11.9. The summed E-state index contributed by atoms with van der Waals surface area (Å²) in [6.07, 6.45) is 0.269. The van der Waals surface area contributed by atoms with Crippen LogP contribution in [-0.2, 0) is 16.4 Å². The highest BCUT2D eigenvalue weighted by atomic mass is 79.9. The normalized spacial score (nSPS) is 17.5. The van der Waals surface area contributed by atoms with E-state index in [4.69, 9.17) is 4.99 Å². The Hall–Kier alpha value is -3.55. The molecule has 5 rings (SSSR count). The Morgan fingerprint density at radius 1 is 0.838 bits per heavy atom. The Morgan fingerprint density at radius 3 is 2.08 bits per heavy atom. The maximum Gasteiger partial charge on any atom is 0.265 e. The van der Waals surface area contributed by atoms with Crippen LogP contribution >= 0.6 is 15.9 Å². The predicted molar refractivity (Wildman–Crippen MR) is 149 cm³/mol. The van der Waals surface area contributed by atoms with Crippen LogP contribution in [0.15, 0.2) is 124 Å². The number of carbonyl (C=O) groups excluding carboxylic acids is 1. The van der Waals surface area contributed by atoms with Gasteiger partial charge < -0.3 is 0 Å². The Labute approximate surface area is 225 Å². The average Bonchev–Trinajstić information content (AvgIpc) is 3.29. The van der Waals surface area contributed by atoms with Gasteiger partial charge in [-0.3, -0.25) is 9.79 Å². The Bertz CT molecular complexity index is 1550. The van der Waals surface area contributed by atoms with Crippen LogP contribution in [0.5, 0.6) is 0 Å². The van der Waals surface area contributed by atoms with Crippen LogP contribution in [0.3, 0.4) is 0 Å². The number of rotatable bonds is 7. The van der Waals surface area contributed by atoms with Gasteiger partial charge in [0.2, 0.25) is 0 Å². The zero-order valence-electron chi connectivity index (χ0n) is 20.2. The molecule has 5 nitrogen and oxygen atoms in total. The quantitative estimate of drug-likeness (QED) is 0.241. The van der Waals surface area contributed by atoms with Crippen molar-refractivity contribution in [2.75, 3.05) is 0 Å². The fourth-order valence-corrected chi connectivity index (χ4v) is 6.72. The lowest BCUT2D eigenvalue weighted by Gasteiger charge is -2.30. The molecule has 0 bridgehead atoms. The first-order valence-corrected chi connectivity index (χ1v) is 14.1. The third-order valence-electron chi connectivity index (χ3n) is 6.43. The summed E-state index contributed by atoms with van der Waals surface area (Å²) in [6.45, 7) is 1.91. The van der Waals surface area contributed by atoms with Crippen LogP contribution < -0.4 is 0 Å². The second kappa shape index (κ2) is 10.4. The molecule has 0 aliphatic carbocycles. The van der Waals surface area contributed by atoms with Crippen molar-refractivity contribution in [1.29, 1.82) is 0 Å². The number of aliphatic imine (C=N–C) groups is 1. The van der Waals surface area contributed by atoms with E-state index in [0.29, 0.717) is 21.4 Å². The number of benzene rings is 4. The lowest BCUT2D eigenvalue weighted by Crippen LogP contribution is -2.41. The second-order valence-electron chi connectivity index (χ2n) is 8.96. The molecule has 0 radical (unpaired) electrons. The summed E-state index contributed by atoms with van der Waals surface area (Å²) in [4.78, 5) is 18.8. The monoisotopic (exact) mass is 572 g/mol. The Kier molecular flexibility index (Phi) is 7.09. The van der Waals surface area contributed by atoms with E-state index in [-0.39, 0.29) is 17.1 Å². The molecule has 37 heavy (non-hydrogen) atoms. The molecule has 1 heterocycles. The summed E-state index contributed by atoms with van der Waals surface area (Å²) in [7, 11) is -4.06. The van der Waals surface area contributed by atoms with Crippen LogP contribution in [0, 0.1) is 6.92 Å². The van der Waals surface area contributed by atoms with Gasteiger partial charge in [-0.15, -0.1) is 0 Å². The van der Waals surface area contributed by atoms with Gasteiger partial charge in [0.05, 0.1) is 4.90 Å². The van der Waals surface area contributed by atoms with E-state index in [9.17, 15) is 13.2 Å². The van der Waals surface area contributed by atoms with Gasteiger partial charge in [-0.1, -0.05) is 112 Å². The van der Waals surface area contributed by atoms with Gasteiger partial charge in [0.25, 0.3) is 10.0 Å². The summed E-state index contributed by atoms with van der Waals surface area (Å²) in [5, 5.41) is 0. The van der Waals surface area contributed by atoms with Crippen LogP contribution in [0.4, 0.5) is 0 Å². The second-order valence-corrected chi connectivity index (χ2v) is 11.6. The van der Waals surface area contributed by atoms with Crippen LogP contribution in [0.2, 0.25) is 0 Å². The summed E-state index contributed by atoms with van der Waals surface area (Å²) in [5.41, 5.74) is 3.03. The summed E-state index contributed by atoms with van der Waals surface area (Å²) in [6, 6.07) is 30.9. The molecule has 7 heteroatoms. The molecular weight excluding hydrogens is 548 g/mol. The lowest BCUT2D eigenvalue weighted by atomic mass is 9.94. The van der Waals surface area contributed by atoms with E-state index >= 15 is 0 Å². The number of Topliss-reactive ketones (excluding diaryl/α,β-unsaturated/α-hetero) is 1. The Balaban J connectivity index is 1.71. The first-order chi connectivity index (χ1) is 17.9. The molecule has 1 aliphatic rings. The third kappa shape index (κ3) is 5.02. The number of sulfonamides is 1. The van der Waals surface area contributed by atoms with Crippen molar-refractivity contribution < 1.29 is 13.2 Å². The van der Waals surface area contributed by atoms with Crippen molar-refractivity contribution in [3.8, 4) is 0 Å². The number of carbonyl (C=O) groups is 1. The largest absolute Gasteiger partial charge is 0.292 e. The molecule has 0 saturated carbocycles. The smallest absolute Gasteiger partial charge is 0.265 e. The Morgan fingerprint density at radius 2 is 1.43 bits per heavy atom. The molecule has 2 atom stereocenters. The molecule has 4 aromatic rings. The van der Waals surface area contributed by atoms with E-state index < -0.39 is 22.1 Å². The maximum absolute atomic E-state index is 14.3. The van der Waals surface area contributed by atoms with Crippen LogP contribution in [0.25, 0.3) is 0 Å². The minimum absolute atomic E-state index is 0.156. The molecule has 4 aromatic carbocycles. The third-order valence-corrected chi connectivity index (χ3v) is 8.97. The van der Waals surface area contributed by atoms with E-state index in [2.05, 4.69) is 15.9 Å². The fourth-order valence-electron chi connectivity index (χ4n) is 4.58. The first kappa shape index (κ1) is 25.1. The van der Waals surface area contributed by atoms with Gasteiger partial charge in [-0.2, -0.15) is 0 Å². The minimum atomic E-state index is -4.06. The van der Waals surface area contributed by atoms with Gasteiger partial charge in [0, 0.05) is 16.5 Å². The van der Waals surface area contributed by atoms with Gasteiger partial charge in [-0.05, 0) is 36.2 Å². The summed E-state index contributed by atoms with van der Waals surface area (Å²) in [5.74, 6) is 0.107. The number of hydrogen-bond donors (Lipinski definition) is 0. The molecule has 1 aliphatic heterocycles. The standard InChI is InChI=1S/C30H25BrN2O3S/c1-21-16-18-24(19-17-21)37(35,36)33-27(20-22-10-4-2-5-11-22)32-28(30(34)23-12-6-3-7-13-23)29(33)25-14-8-9-15-26(25)31/h2-19,28-29H,20H2,1H3/t28-,29+/m0/s1. The SMILES string of the molecule is Cc1ccc(S(=O)(=O)N2C(Cc3ccccc3)=N[C@H](C(=O)c3ccccc3)[C@H]2c2ccccc2Br)cc1. The molecule has 0 fully saturated rings. The summed E-state index contributed by atoms with van der Waals surface area (Å²) < 4.78 is 30.6. The van der Waals surface area contributed by atoms with E-state index in [0.717, 1.165) is 11.1 Å². The van der Waals surface area contributed by atoms with Crippen molar-refractivity contribution in [3.63, 3.8) is 0 Å². The van der Waals surface area contributed by atoms with Crippen molar-refractivity contribution in [1.82, 2.24) is 4.31 Å². The molecule has 0 N–H and O–H groups in total. The number of nitrogens with zero attached hydrogens (tertiary/aromatic N) is 2. The van der Waals surface area contributed by atoms with Crippen molar-refractivity contribution in [2.24, 2.45) is 4.99 Å². The highest BCUT2D eigenvalue weighted by Crippen LogP contribution is 2.41. The number of amidine groups is 1. The zero-order chi connectivity index (χ0) is 26.0.